The first-order valence-electron chi connectivity index (χ1n) is 8.56. The van der Waals surface area contributed by atoms with Gasteiger partial charge >= 0.3 is 13.3 Å². The standard InChI is InChI=1S/C18H22BF4NO2/c1-16(2)17(3,4)26-19(25-16)15(20)14(12-9-24-10-12)11-5-7-13(8-6-11)18(21,22)23/h5-8,12,24H,9-10H2,1-4H3. The first-order chi connectivity index (χ1) is 11.9. The fourth-order valence-corrected chi connectivity index (χ4v) is 2.97. The van der Waals surface area contributed by atoms with Crippen molar-refractivity contribution >= 4 is 12.7 Å². The molecule has 2 aliphatic heterocycles. The number of rotatable bonds is 3. The van der Waals surface area contributed by atoms with Gasteiger partial charge in [-0.1, -0.05) is 12.1 Å². The lowest BCUT2D eigenvalue weighted by Crippen LogP contribution is -2.43. The van der Waals surface area contributed by atoms with Gasteiger partial charge < -0.3 is 14.6 Å². The van der Waals surface area contributed by atoms with Gasteiger partial charge in [0.2, 0.25) is 0 Å². The van der Waals surface area contributed by atoms with Gasteiger partial charge in [-0.25, -0.2) is 4.39 Å². The third-order valence-electron chi connectivity index (χ3n) is 5.43. The molecule has 0 atom stereocenters. The normalized spacial score (nSPS) is 23.6. The number of benzene rings is 1. The molecule has 2 heterocycles. The highest BCUT2D eigenvalue weighted by Gasteiger charge is 2.54. The fourth-order valence-electron chi connectivity index (χ4n) is 2.97. The molecule has 0 radical (unpaired) electrons. The van der Waals surface area contributed by atoms with Crippen molar-refractivity contribution in [2.45, 2.75) is 45.1 Å². The van der Waals surface area contributed by atoms with E-state index in [0.717, 1.165) is 12.1 Å². The monoisotopic (exact) mass is 371 g/mol. The van der Waals surface area contributed by atoms with Crippen LogP contribution in [0.2, 0.25) is 0 Å². The zero-order valence-corrected chi connectivity index (χ0v) is 15.2. The minimum absolute atomic E-state index is 0.134. The second kappa shape index (κ2) is 6.35. The summed E-state index contributed by atoms with van der Waals surface area (Å²) in [5.41, 5.74) is -1.97. The van der Waals surface area contributed by atoms with E-state index < -0.39 is 35.8 Å². The third kappa shape index (κ3) is 3.42. The molecule has 0 spiro atoms. The summed E-state index contributed by atoms with van der Waals surface area (Å²) in [7, 11) is -1.17. The Labute approximate surface area is 150 Å². The molecule has 1 aromatic rings. The van der Waals surface area contributed by atoms with Crippen LogP contribution in [-0.4, -0.2) is 31.4 Å². The van der Waals surface area contributed by atoms with Crippen LogP contribution in [0.15, 0.2) is 30.0 Å². The van der Waals surface area contributed by atoms with Gasteiger partial charge in [-0.2, -0.15) is 13.2 Å². The number of nitrogens with one attached hydrogen (secondary N) is 1. The van der Waals surface area contributed by atoms with Gasteiger partial charge in [-0.15, -0.1) is 0 Å². The molecule has 26 heavy (non-hydrogen) atoms. The van der Waals surface area contributed by atoms with E-state index in [1.54, 1.807) is 0 Å². The Morgan fingerprint density at radius 1 is 1.04 bits per heavy atom. The van der Waals surface area contributed by atoms with Gasteiger partial charge in [0.15, 0.2) is 0 Å². The smallest absolute Gasteiger partial charge is 0.398 e. The molecule has 3 nitrogen and oxygen atoms in total. The number of alkyl halides is 3. The van der Waals surface area contributed by atoms with Crippen LogP contribution in [0, 0.1) is 5.92 Å². The van der Waals surface area contributed by atoms with E-state index in [4.69, 9.17) is 9.31 Å². The van der Waals surface area contributed by atoms with E-state index in [1.165, 1.54) is 12.1 Å². The molecule has 8 heteroatoms. The number of halogens is 4. The van der Waals surface area contributed by atoms with Crippen molar-refractivity contribution in [2.75, 3.05) is 13.1 Å². The van der Waals surface area contributed by atoms with Crippen molar-refractivity contribution in [3.05, 3.63) is 41.1 Å². The Kier molecular flexibility index (Phi) is 4.74. The quantitative estimate of drug-likeness (QED) is 0.637. The highest BCUT2D eigenvalue weighted by atomic mass is 19.4. The molecule has 142 valence electrons. The minimum atomic E-state index is -4.43. The van der Waals surface area contributed by atoms with Crippen molar-refractivity contribution in [2.24, 2.45) is 5.92 Å². The number of hydrogen-bond donors (Lipinski definition) is 1. The molecule has 1 aromatic carbocycles. The predicted octanol–water partition coefficient (Wildman–Crippen LogP) is 4.24. The summed E-state index contributed by atoms with van der Waals surface area (Å²) in [6.07, 6.45) is -4.43. The Bertz CT molecular complexity index is 693. The van der Waals surface area contributed by atoms with Crippen molar-refractivity contribution in [3.8, 4) is 0 Å². The molecule has 0 aromatic heterocycles. The molecule has 2 aliphatic rings. The van der Waals surface area contributed by atoms with E-state index in [9.17, 15) is 13.2 Å². The number of hydrogen-bond acceptors (Lipinski definition) is 3. The zero-order valence-electron chi connectivity index (χ0n) is 15.2. The van der Waals surface area contributed by atoms with Gasteiger partial charge in [-0.3, -0.25) is 0 Å². The van der Waals surface area contributed by atoms with Gasteiger partial charge in [0, 0.05) is 19.0 Å². The highest BCUT2D eigenvalue weighted by molar-refractivity contribution is 6.55. The zero-order chi connectivity index (χ0) is 19.3. The van der Waals surface area contributed by atoms with E-state index in [1.807, 2.05) is 27.7 Å². The Hall–Kier alpha value is -1.38. The summed E-state index contributed by atoms with van der Waals surface area (Å²) in [6, 6.07) is 4.56. The van der Waals surface area contributed by atoms with Gasteiger partial charge in [0.1, 0.15) is 5.73 Å². The Balaban J connectivity index is 1.97. The summed E-state index contributed by atoms with van der Waals surface area (Å²) in [5, 5.41) is 3.06. The summed E-state index contributed by atoms with van der Waals surface area (Å²) < 4.78 is 65.3. The van der Waals surface area contributed by atoms with Crippen LogP contribution < -0.4 is 5.32 Å². The maximum absolute atomic E-state index is 15.3. The summed E-state index contributed by atoms with van der Waals surface area (Å²) >= 11 is 0. The molecule has 2 fully saturated rings. The van der Waals surface area contributed by atoms with Crippen LogP contribution in [0.5, 0.6) is 0 Å². The van der Waals surface area contributed by atoms with Crippen LogP contribution in [0.4, 0.5) is 17.6 Å². The van der Waals surface area contributed by atoms with Crippen molar-refractivity contribution in [1.82, 2.24) is 5.32 Å². The lowest BCUT2D eigenvalue weighted by molar-refractivity contribution is -0.137. The molecule has 0 bridgehead atoms. The van der Waals surface area contributed by atoms with Crippen molar-refractivity contribution in [1.29, 1.82) is 0 Å². The molecule has 0 saturated carbocycles. The molecule has 3 rings (SSSR count). The van der Waals surface area contributed by atoms with E-state index in [0.29, 0.717) is 24.2 Å². The molecular formula is C18H22BF4NO2. The molecule has 0 amide bonds. The van der Waals surface area contributed by atoms with Crippen LogP contribution >= 0.6 is 0 Å². The van der Waals surface area contributed by atoms with Crippen LogP contribution in [0.1, 0.15) is 38.8 Å². The van der Waals surface area contributed by atoms with Crippen molar-refractivity contribution < 1.29 is 26.9 Å². The Morgan fingerprint density at radius 2 is 1.54 bits per heavy atom. The van der Waals surface area contributed by atoms with Crippen LogP contribution in [0.3, 0.4) is 0 Å². The lowest BCUT2D eigenvalue weighted by atomic mass is 9.76. The topological polar surface area (TPSA) is 30.5 Å². The predicted molar refractivity (Wildman–Crippen MR) is 91.9 cm³/mol. The van der Waals surface area contributed by atoms with E-state index in [-0.39, 0.29) is 5.92 Å². The molecule has 2 saturated heterocycles. The second-order valence-electron chi connectivity index (χ2n) is 7.78. The molecule has 0 aliphatic carbocycles. The SMILES string of the molecule is CC1(C)OB(C(F)=C(c2ccc(C(F)(F)F)cc2)C2CNC2)OC1(C)C. The maximum Gasteiger partial charge on any atom is 0.525 e. The second-order valence-corrected chi connectivity index (χ2v) is 7.78. The van der Waals surface area contributed by atoms with Gasteiger partial charge in [-0.05, 0) is 51.0 Å². The minimum Gasteiger partial charge on any atom is -0.398 e. The largest absolute Gasteiger partial charge is 0.525 e. The van der Waals surface area contributed by atoms with E-state index >= 15 is 4.39 Å². The summed E-state index contributed by atoms with van der Waals surface area (Å²) in [6.45, 7) is 8.41. The van der Waals surface area contributed by atoms with Crippen LogP contribution in [0.25, 0.3) is 5.57 Å². The lowest BCUT2D eigenvalue weighted by Gasteiger charge is -2.32. The van der Waals surface area contributed by atoms with E-state index in [2.05, 4.69) is 5.32 Å². The average Bonchev–Trinajstić information content (AvgIpc) is 2.70. The maximum atomic E-state index is 15.3. The van der Waals surface area contributed by atoms with Crippen molar-refractivity contribution in [3.63, 3.8) is 0 Å². The summed E-state index contributed by atoms with van der Waals surface area (Å²) in [4.78, 5) is 0. The third-order valence-corrected chi connectivity index (χ3v) is 5.43. The highest BCUT2D eigenvalue weighted by Crippen LogP contribution is 2.42. The van der Waals surface area contributed by atoms with Crippen LogP contribution in [-0.2, 0) is 15.5 Å². The van der Waals surface area contributed by atoms with Gasteiger partial charge in [0.25, 0.3) is 0 Å². The molecule has 0 unspecified atom stereocenters. The van der Waals surface area contributed by atoms with Gasteiger partial charge in [0.05, 0.1) is 16.8 Å². The Morgan fingerprint density at radius 3 is 1.92 bits per heavy atom. The first kappa shape index (κ1) is 19.4. The summed E-state index contributed by atoms with van der Waals surface area (Å²) in [5.74, 6) is -0.134. The molecule has 1 N–H and O–H groups in total. The fraction of sp³-hybridized carbons (Fsp3) is 0.556. The average molecular weight is 371 g/mol. The molecular weight excluding hydrogens is 349 g/mol. The first-order valence-corrected chi connectivity index (χ1v) is 8.56.